The van der Waals surface area contributed by atoms with Gasteiger partial charge in [-0.25, -0.2) is 9.79 Å². The third kappa shape index (κ3) is 27.8. The molecule has 4 nitrogen and oxygen atoms in total. The zero-order valence-electron chi connectivity index (χ0n) is 5.66. The summed E-state index contributed by atoms with van der Waals surface area (Å²) in [6, 6.07) is 0. The van der Waals surface area contributed by atoms with Crippen molar-refractivity contribution in [3.8, 4) is 0 Å². The van der Waals surface area contributed by atoms with E-state index in [0.29, 0.717) is 6.54 Å². The van der Waals surface area contributed by atoms with E-state index in [1.165, 1.54) is 12.2 Å². The van der Waals surface area contributed by atoms with Gasteiger partial charge in [-0.1, -0.05) is 6.08 Å². The van der Waals surface area contributed by atoms with Gasteiger partial charge in [0.25, 0.3) is 0 Å². The molecule has 0 aromatic heterocycles. The standard InChI is InChI=1S/C4H5NO.C2H6O2/c1-2-3-5-4-6;3-1-2-4/h2H,1,3H2;3-4H,1-2H2. The highest BCUT2D eigenvalue weighted by Gasteiger charge is 1.58. The van der Waals surface area contributed by atoms with Crippen LogP contribution in [0.5, 0.6) is 0 Å². The quantitative estimate of drug-likeness (QED) is 0.319. The van der Waals surface area contributed by atoms with Gasteiger partial charge in [0.2, 0.25) is 6.08 Å². The van der Waals surface area contributed by atoms with Crippen LogP contribution < -0.4 is 0 Å². The molecule has 0 saturated heterocycles. The Kier molecular flexibility index (Phi) is 18.5. The Labute approximate surface area is 59.5 Å². The van der Waals surface area contributed by atoms with E-state index in [-0.39, 0.29) is 13.2 Å². The van der Waals surface area contributed by atoms with Crippen LogP contribution in [-0.2, 0) is 4.79 Å². The van der Waals surface area contributed by atoms with Gasteiger partial charge in [0.05, 0.1) is 19.8 Å². The second-order valence-electron chi connectivity index (χ2n) is 1.17. The van der Waals surface area contributed by atoms with Crippen molar-refractivity contribution in [3.05, 3.63) is 12.7 Å². The van der Waals surface area contributed by atoms with Crippen molar-refractivity contribution in [2.75, 3.05) is 19.8 Å². The van der Waals surface area contributed by atoms with Gasteiger partial charge >= 0.3 is 0 Å². The maximum Gasteiger partial charge on any atom is 0.235 e. The van der Waals surface area contributed by atoms with Gasteiger partial charge in [0, 0.05) is 0 Å². The predicted molar refractivity (Wildman–Crippen MR) is 37.4 cm³/mol. The molecule has 0 aromatic carbocycles. The van der Waals surface area contributed by atoms with E-state index in [9.17, 15) is 4.79 Å². The van der Waals surface area contributed by atoms with E-state index in [1.54, 1.807) is 0 Å². The Hall–Kier alpha value is -0.960. The van der Waals surface area contributed by atoms with Gasteiger partial charge in [0.1, 0.15) is 0 Å². The van der Waals surface area contributed by atoms with Gasteiger partial charge < -0.3 is 10.2 Å². The Morgan fingerprint density at radius 2 is 2.00 bits per heavy atom. The molecule has 0 aliphatic rings. The van der Waals surface area contributed by atoms with Crippen molar-refractivity contribution in [3.63, 3.8) is 0 Å². The van der Waals surface area contributed by atoms with Gasteiger partial charge in [-0.3, -0.25) is 0 Å². The minimum atomic E-state index is -0.125. The van der Waals surface area contributed by atoms with Crippen LogP contribution in [0.2, 0.25) is 0 Å². The summed E-state index contributed by atoms with van der Waals surface area (Å²) in [6.07, 6.45) is 2.90. The summed E-state index contributed by atoms with van der Waals surface area (Å²) in [4.78, 5) is 12.4. The molecule has 0 amide bonds. The lowest BCUT2D eigenvalue weighted by Crippen LogP contribution is -1.85. The second kappa shape index (κ2) is 15.7. The molecule has 0 spiro atoms. The average molecular weight is 145 g/mol. The summed E-state index contributed by atoms with van der Waals surface area (Å²) in [6.45, 7) is 3.45. The van der Waals surface area contributed by atoms with Crippen LogP contribution >= 0.6 is 0 Å². The highest BCUT2D eigenvalue weighted by Crippen LogP contribution is 1.61. The summed E-state index contributed by atoms with van der Waals surface area (Å²) in [5.41, 5.74) is 0. The molecule has 0 rings (SSSR count). The summed E-state index contributed by atoms with van der Waals surface area (Å²) in [7, 11) is 0. The van der Waals surface area contributed by atoms with Crippen molar-refractivity contribution in [2.45, 2.75) is 0 Å². The van der Waals surface area contributed by atoms with Crippen molar-refractivity contribution in [1.82, 2.24) is 0 Å². The lowest BCUT2D eigenvalue weighted by Gasteiger charge is -1.70. The Bertz CT molecular complexity index is 106. The molecule has 0 aliphatic heterocycles. The molecule has 4 heteroatoms. The number of hydrogen-bond acceptors (Lipinski definition) is 4. The van der Waals surface area contributed by atoms with Crippen molar-refractivity contribution < 1.29 is 15.0 Å². The summed E-state index contributed by atoms with van der Waals surface area (Å²) in [5.74, 6) is 0. The van der Waals surface area contributed by atoms with E-state index < -0.39 is 0 Å². The van der Waals surface area contributed by atoms with Crippen LogP contribution in [0.1, 0.15) is 0 Å². The van der Waals surface area contributed by atoms with Crippen LogP contribution in [0, 0.1) is 0 Å². The molecular formula is C6H11NO3. The summed E-state index contributed by atoms with van der Waals surface area (Å²) < 4.78 is 0. The molecule has 0 heterocycles. The second-order valence-corrected chi connectivity index (χ2v) is 1.17. The number of aliphatic imine (C=N–C) groups is 1. The first kappa shape index (κ1) is 11.8. The van der Waals surface area contributed by atoms with E-state index >= 15 is 0 Å². The fraction of sp³-hybridized carbons (Fsp3) is 0.500. The average Bonchev–Trinajstić information content (AvgIpc) is 2.01. The first-order valence-electron chi connectivity index (χ1n) is 2.69. The van der Waals surface area contributed by atoms with E-state index in [0.717, 1.165) is 0 Å². The van der Waals surface area contributed by atoms with Crippen LogP contribution in [0.15, 0.2) is 17.6 Å². The maximum absolute atomic E-state index is 9.22. The fourth-order valence-electron chi connectivity index (χ4n) is 0.102. The first-order valence-corrected chi connectivity index (χ1v) is 2.69. The smallest absolute Gasteiger partial charge is 0.235 e. The van der Waals surface area contributed by atoms with Crippen LogP contribution in [0.25, 0.3) is 0 Å². The van der Waals surface area contributed by atoms with Crippen molar-refractivity contribution in [1.29, 1.82) is 0 Å². The molecular weight excluding hydrogens is 134 g/mol. The number of nitrogens with zero attached hydrogens (tertiary/aromatic N) is 1. The van der Waals surface area contributed by atoms with Gasteiger partial charge in [-0.2, -0.15) is 0 Å². The lowest BCUT2D eigenvalue weighted by atomic mass is 10.7. The molecule has 58 valence electrons. The molecule has 10 heavy (non-hydrogen) atoms. The zero-order valence-corrected chi connectivity index (χ0v) is 5.66. The van der Waals surface area contributed by atoms with E-state index in [4.69, 9.17) is 10.2 Å². The largest absolute Gasteiger partial charge is 0.394 e. The number of carbonyl (C=O) groups excluding carboxylic acids is 1. The molecule has 0 fully saturated rings. The summed E-state index contributed by atoms with van der Waals surface area (Å²) >= 11 is 0. The normalized spacial score (nSPS) is 6.60. The lowest BCUT2D eigenvalue weighted by molar-refractivity contribution is 0.186. The molecule has 0 aromatic rings. The van der Waals surface area contributed by atoms with Crippen LogP contribution in [0.4, 0.5) is 0 Å². The number of aliphatic hydroxyl groups excluding tert-OH is 2. The third-order valence-electron chi connectivity index (χ3n) is 0.385. The maximum atomic E-state index is 9.22. The third-order valence-corrected chi connectivity index (χ3v) is 0.385. The zero-order chi connectivity index (χ0) is 8.24. The van der Waals surface area contributed by atoms with Crippen LogP contribution in [-0.4, -0.2) is 36.1 Å². The van der Waals surface area contributed by atoms with E-state index in [2.05, 4.69) is 11.6 Å². The highest BCUT2D eigenvalue weighted by molar-refractivity contribution is 5.33. The molecule has 0 bridgehead atoms. The number of aliphatic hydroxyl groups is 2. The topological polar surface area (TPSA) is 69.9 Å². The molecule has 0 saturated carbocycles. The number of isocyanates is 1. The molecule has 2 N–H and O–H groups in total. The van der Waals surface area contributed by atoms with Gasteiger partial charge in [-0.15, -0.1) is 6.58 Å². The van der Waals surface area contributed by atoms with Crippen molar-refractivity contribution >= 4 is 6.08 Å². The Morgan fingerprint density at radius 3 is 2.10 bits per heavy atom. The molecule has 0 radical (unpaired) electrons. The van der Waals surface area contributed by atoms with Crippen molar-refractivity contribution in [2.24, 2.45) is 4.99 Å². The van der Waals surface area contributed by atoms with Gasteiger partial charge in [0.15, 0.2) is 0 Å². The highest BCUT2D eigenvalue weighted by atomic mass is 16.3. The molecule has 0 atom stereocenters. The SMILES string of the molecule is C=CCN=C=O.OCCO. The fourth-order valence-corrected chi connectivity index (χ4v) is 0.102. The minimum Gasteiger partial charge on any atom is -0.394 e. The van der Waals surface area contributed by atoms with Gasteiger partial charge in [-0.05, 0) is 0 Å². The Balaban J connectivity index is 0. The minimum absolute atomic E-state index is 0.125. The predicted octanol–water partition coefficient (Wildman–Crippen LogP) is -0.521. The van der Waals surface area contributed by atoms with E-state index in [1.807, 2.05) is 0 Å². The number of rotatable bonds is 3. The first-order chi connectivity index (χ1) is 4.83. The monoisotopic (exact) mass is 145 g/mol. The summed E-state index contributed by atoms with van der Waals surface area (Å²) in [5, 5.41) is 15.2. The van der Waals surface area contributed by atoms with Crippen LogP contribution in [0.3, 0.4) is 0 Å². The Morgan fingerprint density at radius 1 is 1.50 bits per heavy atom. The molecule has 0 unspecified atom stereocenters. The molecule has 0 aliphatic carbocycles. The number of hydrogen-bond donors (Lipinski definition) is 2.